The number of rotatable bonds is 3. The van der Waals surface area contributed by atoms with Gasteiger partial charge in [0.2, 0.25) is 0 Å². The van der Waals surface area contributed by atoms with Gasteiger partial charge in [-0.05, 0) is 12.1 Å². The molecule has 1 atom stereocenters. The standard InChI is InChI=1S/C14H17ClN4O2.ClH/c15-10-1-2-13-17-11(5-14(20)19(13)7-10)8-18-3-4-21-12(6-16)9-18;/h1-2,5,7,12H,3-4,6,8-9,16H2;1H. The second-order valence-electron chi connectivity index (χ2n) is 5.12. The van der Waals surface area contributed by atoms with Crippen LogP contribution < -0.4 is 11.3 Å². The van der Waals surface area contributed by atoms with Gasteiger partial charge in [-0.15, -0.1) is 12.4 Å². The lowest BCUT2D eigenvalue weighted by Gasteiger charge is -2.31. The van der Waals surface area contributed by atoms with Crippen molar-refractivity contribution in [2.24, 2.45) is 5.73 Å². The Morgan fingerprint density at radius 3 is 3.05 bits per heavy atom. The molecule has 2 aromatic heterocycles. The molecule has 1 unspecified atom stereocenters. The lowest BCUT2D eigenvalue weighted by atomic mass is 10.2. The molecule has 0 spiro atoms. The van der Waals surface area contributed by atoms with Crippen LogP contribution in [0, 0.1) is 0 Å². The summed E-state index contributed by atoms with van der Waals surface area (Å²) in [4.78, 5) is 18.8. The second-order valence-corrected chi connectivity index (χ2v) is 5.56. The summed E-state index contributed by atoms with van der Waals surface area (Å²) < 4.78 is 6.99. The van der Waals surface area contributed by atoms with Crippen molar-refractivity contribution >= 4 is 29.7 Å². The maximum Gasteiger partial charge on any atom is 0.258 e. The molecule has 1 aliphatic heterocycles. The molecule has 120 valence electrons. The van der Waals surface area contributed by atoms with E-state index in [1.165, 1.54) is 4.40 Å². The van der Waals surface area contributed by atoms with Crippen LogP contribution in [0.15, 0.2) is 29.2 Å². The number of halogens is 2. The lowest BCUT2D eigenvalue weighted by molar-refractivity contribution is -0.0264. The first-order valence-corrected chi connectivity index (χ1v) is 7.25. The fourth-order valence-electron chi connectivity index (χ4n) is 2.50. The highest BCUT2D eigenvalue weighted by Crippen LogP contribution is 2.11. The topological polar surface area (TPSA) is 72.9 Å². The fraction of sp³-hybridized carbons (Fsp3) is 0.429. The predicted molar refractivity (Wildman–Crippen MR) is 87.8 cm³/mol. The predicted octanol–water partition coefficient (Wildman–Crippen LogP) is 0.929. The molecule has 8 heteroatoms. The van der Waals surface area contributed by atoms with Crippen molar-refractivity contribution in [3.63, 3.8) is 0 Å². The van der Waals surface area contributed by atoms with Crippen LogP contribution in [0.3, 0.4) is 0 Å². The van der Waals surface area contributed by atoms with Gasteiger partial charge in [0.15, 0.2) is 0 Å². The van der Waals surface area contributed by atoms with Crippen molar-refractivity contribution < 1.29 is 4.74 Å². The van der Waals surface area contributed by atoms with E-state index in [1.807, 2.05) is 0 Å². The maximum absolute atomic E-state index is 12.1. The van der Waals surface area contributed by atoms with Gasteiger partial charge in [-0.3, -0.25) is 14.1 Å². The van der Waals surface area contributed by atoms with E-state index in [4.69, 9.17) is 22.1 Å². The molecule has 0 aromatic carbocycles. The van der Waals surface area contributed by atoms with Gasteiger partial charge in [0.25, 0.3) is 5.56 Å². The van der Waals surface area contributed by atoms with Crippen LogP contribution in [-0.4, -0.2) is 46.6 Å². The van der Waals surface area contributed by atoms with Gasteiger partial charge >= 0.3 is 0 Å². The van der Waals surface area contributed by atoms with Crippen molar-refractivity contribution in [1.82, 2.24) is 14.3 Å². The van der Waals surface area contributed by atoms with E-state index in [2.05, 4.69) is 9.88 Å². The lowest BCUT2D eigenvalue weighted by Crippen LogP contribution is -2.45. The molecule has 1 saturated heterocycles. The number of hydrogen-bond donors (Lipinski definition) is 1. The molecule has 1 aliphatic rings. The normalized spacial score (nSPS) is 19.1. The third-order valence-corrected chi connectivity index (χ3v) is 3.77. The number of ether oxygens (including phenoxy) is 1. The van der Waals surface area contributed by atoms with Crippen molar-refractivity contribution in [3.8, 4) is 0 Å². The SMILES string of the molecule is Cl.NCC1CN(Cc2cc(=O)n3cc(Cl)ccc3n2)CCO1. The summed E-state index contributed by atoms with van der Waals surface area (Å²) in [6, 6.07) is 5.03. The van der Waals surface area contributed by atoms with Crippen LogP contribution in [0.4, 0.5) is 0 Å². The molecule has 0 saturated carbocycles. The average molecular weight is 345 g/mol. The van der Waals surface area contributed by atoms with Crippen molar-refractivity contribution in [3.05, 3.63) is 45.5 Å². The summed E-state index contributed by atoms with van der Waals surface area (Å²) in [5.74, 6) is 0. The van der Waals surface area contributed by atoms with Crippen LogP contribution in [-0.2, 0) is 11.3 Å². The number of aromatic nitrogens is 2. The highest BCUT2D eigenvalue weighted by molar-refractivity contribution is 6.30. The minimum Gasteiger partial charge on any atom is -0.374 e. The van der Waals surface area contributed by atoms with Crippen molar-refractivity contribution in [1.29, 1.82) is 0 Å². The molecular formula is C14H18Cl2N4O2. The van der Waals surface area contributed by atoms with Crippen LogP contribution in [0.1, 0.15) is 5.69 Å². The van der Waals surface area contributed by atoms with Gasteiger partial charge in [0, 0.05) is 38.4 Å². The molecule has 3 rings (SSSR count). The molecule has 0 aliphatic carbocycles. The van der Waals surface area contributed by atoms with Crippen molar-refractivity contribution in [2.75, 3.05) is 26.2 Å². The minimum atomic E-state index is -0.124. The molecule has 0 radical (unpaired) electrons. The van der Waals surface area contributed by atoms with Gasteiger partial charge in [-0.1, -0.05) is 11.6 Å². The molecule has 6 nitrogen and oxygen atoms in total. The van der Waals surface area contributed by atoms with E-state index >= 15 is 0 Å². The Bertz CT molecular complexity index is 707. The smallest absolute Gasteiger partial charge is 0.258 e. The summed E-state index contributed by atoms with van der Waals surface area (Å²) in [6.45, 7) is 3.36. The number of fused-ring (bicyclic) bond motifs is 1. The first kappa shape index (κ1) is 17.2. The number of morpholine rings is 1. The Morgan fingerprint density at radius 2 is 2.27 bits per heavy atom. The van der Waals surface area contributed by atoms with Gasteiger partial charge < -0.3 is 10.5 Å². The fourth-order valence-corrected chi connectivity index (χ4v) is 2.66. The molecule has 0 amide bonds. The van der Waals surface area contributed by atoms with E-state index in [0.29, 0.717) is 30.4 Å². The van der Waals surface area contributed by atoms with Crippen LogP contribution in [0.25, 0.3) is 5.65 Å². The summed E-state index contributed by atoms with van der Waals surface area (Å²) in [7, 11) is 0. The van der Waals surface area contributed by atoms with E-state index < -0.39 is 0 Å². The zero-order valence-corrected chi connectivity index (χ0v) is 13.5. The van der Waals surface area contributed by atoms with Crippen LogP contribution in [0.5, 0.6) is 0 Å². The Balaban J connectivity index is 0.00000176. The molecule has 22 heavy (non-hydrogen) atoms. The van der Waals surface area contributed by atoms with Gasteiger partial charge in [0.1, 0.15) is 5.65 Å². The molecule has 1 fully saturated rings. The quantitative estimate of drug-likeness (QED) is 0.896. The Kier molecular flexibility index (Phi) is 5.77. The first-order chi connectivity index (χ1) is 10.2. The summed E-state index contributed by atoms with van der Waals surface area (Å²) >= 11 is 5.90. The molecule has 2 N–H and O–H groups in total. The average Bonchev–Trinajstić information content (AvgIpc) is 2.48. The third-order valence-electron chi connectivity index (χ3n) is 3.55. The van der Waals surface area contributed by atoms with E-state index in [9.17, 15) is 4.79 Å². The minimum absolute atomic E-state index is 0. The highest BCUT2D eigenvalue weighted by Gasteiger charge is 2.19. The number of nitrogens with zero attached hydrogens (tertiary/aromatic N) is 3. The van der Waals surface area contributed by atoms with E-state index in [0.717, 1.165) is 18.8 Å². The molecule has 0 bridgehead atoms. The third kappa shape index (κ3) is 3.77. The summed E-state index contributed by atoms with van der Waals surface area (Å²) in [5.41, 5.74) is 6.87. The number of nitrogens with two attached hydrogens (primary N) is 1. The monoisotopic (exact) mass is 344 g/mol. The molecule has 3 heterocycles. The zero-order chi connectivity index (χ0) is 14.8. The Hall–Kier alpha value is -1.18. The summed E-state index contributed by atoms with van der Waals surface area (Å²) in [6.07, 6.45) is 1.63. The molecular weight excluding hydrogens is 327 g/mol. The van der Waals surface area contributed by atoms with E-state index in [-0.39, 0.29) is 24.1 Å². The second kappa shape index (κ2) is 7.39. The van der Waals surface area contributed by atoms with Gasteiger partial charge in [0.05, 0.1) is 23.4 Å². The Labute approximate surface area is 139 Å². The van der Waals surface area contributed by atoms with Crippen LogP contribution >= 0.6 is 24.0 Å². The van der Waals surface area contributed by atoms with Crippen molar-refractivity contribution in [2.45, 2.75) is 12.6 Å². The van der Waals surface area contributed by atoms with E-state index in [1.54, 1.807) is 24.4 Å². The van der Waals surface area contributed by atoms with Crippen LogP contribution in [0.2, 0.25) is 5.02 Å². The Morgan fingerprint density at radius 1 is 1.45 bits per heavy atom. The van der Waals surface area contributed by atoms with Gasteiger partial charge in [-0.2, -0.15) is 0 Å². The largest absolute Gasteiger partial charge is 0.374 e. The van der Waals surface area contributed by atoms with Gasteiger partial charge in [-0.25, -0.2) is 4.98 Å². The number of pyridine rings is 1. The summed E-state index contributed by atoms with van der Waals surface area (Å²) in [5, 5.41) is 0.512. The maximum atomic E-state index is 12.1. The highest BCUT2D eigenvalue weighted by atomic mass is 35.5. The first-order valence-electron chi connectivity index (χ1n) is 6.87. The molecule has 2 aromatic rings. The number of hydrogen-bond acceptors (Lipinski definition) is 5. The zero-order valence-electron chi connectivity index (χ0n) is 11.9.